The molecule has 3 rings (SSSR count). The van der Waals surface area contributed by atoms with Crippen LogP contribution in [0.2, 0.25) is 0 Å². The molecular formula is C16H13F3O2. The molecule has 0 bridgehead atoms. The van der Waals surface area contributed by atoms with E-state index in [9.17, 15) is 22.8 Å². The van der Waals surface area contributed by atoms with Crippen LogP contribution in [0.5, 0.6) is 0 Å². The summed E-state index contributed by atoms with van der Waals surface area (Å²) in [5, 5.41) is 0. The SMILES string of the molecule is O=C1C=C[C@@]2(CCc3ccccc3C2=O)[C@@H](C(F)(F)F)C1. The molecule has 0 aromatic heterocycles. The molecule has 0 aliphatic heterocycles. The van der Waals surface area contributed by atoms with E-state index in [1.807, 2.05) is 0 Å². The van der Waals surface area contributed by atoms with Gasteiger partial charge in [0.15, 0.2) is 11.6 Å². The lowest BCUT2D eigenvalue weighted by Crippen LogP contribution is -2.49. The molecule has 0 unspecified atom stereocenters. The maximum Gasteiger partial charge on any atom is 0.393 e. The summed E-state index contributed by atoms with van der Waals surface area (Å²) >= 11 is 0. The standard InChI is InChI=1S/C16H13F3O2/c17-16(18,19)13-9-11(20)6-8-15(13)7-5-10-3-1-2-4-12(10)14(15)21/h1-4,6,8,13H,5,7,9H2/t13-,15-/m0/s1. The monoisotopic (exact) mass is 294 g/mol. The van der Waals surface area contributed by atoms with Crippen LogP contribution in [0.15, 0.2) is 36.4 Å². The molecule has 0 N–H and O–H groups in total. The highest BCUT2D eigenvalue weighted by Gasteiger charge is 2.58. The van der Waals surface area contributed by atoms with E-state index < -0.39 is 35.5 Å². The Bertz CT molecular complexity index is 645. The van der Waals surface area contributed by atoms with E-state index in [0.717, 1.165) is 11.6 Å². The first-order valence-corrected chi connectivity index (χ1v) is 6.76. The van der Waals surface area contributed by atoms with Crippen LogP contribution < -0.4 is 0 Å². The normalized spacial score (nSPS) is 28.8. The zero-order valence-corrected chi connectivity index (χ0v) is 11.1. The third-order valence-corrected chi connectivity index (χ3v) is 4.48. The second-order valence-electron chi connectivity index (χ2n) is 5.62. The summed E-state index contributed by atoms with van der Waals surface area (Å²) < 4.78 is 40.1. The highest BCUT2D eigenvalue weighted by molar-refractivity contribution is 6.06. The van der Waals surface area contributed by atoms with Crippen LogP contribution in [0, 0.1) is 11.3 Å². The third-order valence-electron chi connectivity index (χ3n) is 4.48. The summed E-state index contributed by atoms with van der Waals surface area (Å²) in [6.45, 7) is 0. The van der Waals surface area contributed by atoms with Gasteiger partial charge in [0, 0.05) is 12.0 Å². The summed E-state index contributed by atoms with van der Waals surface area (Å²) in [6.07, 6.45) is -2.39. The van der Waals surface area contributed by atoms with Gasteiger partial charge in [-0.2, -0.15) is 13.2 Å². The van der Waals surface area contributed by atoms with E-state index in [0.29, 0.717) is 12.0 Å². The summed E-state index contributed by atoms with van der Waals surface area (Å²) in [5.41, 5.74) is -0.503. The second kappa shape index (κ2) is 4.55. The number of aryl methyl sites for hydroxylation is 1. The van der Waals surface area contributed by atoms with Gasteiger partial charge < -0.3 is 0 Å². The Kier molecular flexibility index (Phi) is 3.04. The van der Waals surface area contributed by atoms with E-state index >= 15 is 0 Å². The first kappa shape index (κ1) is 14.0. The molecule has 0 saturated heterocycles. The molecule has 1 spiro atoms. The molecule has 1 aromatic carbocycles. The number of fused-ring (bicyclic) bond motifs is 1. The van der Waals surface area contributed by atoms with Gasteiger partial charge in [0.1, 0.15) is 0 Å². The molecular weight excluding hydrogens is 281 g/mol. The van der Waals surface area contributed by atoms with E-state index in [1.54, 1.807) is 24.3 Å². The molecule has 2 nitrogen and oxygen atoms in total. The minimum Gasteiger partial charge on any atom is -0.295 e. The van der Waals surface area contributed by atoms with Gasteiger partial charge in [0.05, 0.1) is 11.3 Å². The zero-order valence-electron chi connectivity index (χ0n) is 11.1. The van der Waals surface area contributed by atoms with Gasteiger partial charge in [-0.25, -0.2) is 0 Å². The molecule has 0 radical (unpaired) electrons. The Morgan fingerprint density at radius 1 is 1.14 bits per heavy atom. The first-order chi connectivity index (χ1) is 9.84. The van der Waals surface area contributed by atoms with Crippen molar-refractivity contribution < 1.29 is 22.8 Å². The molecule has 2 aliphatic rings. The molecule has 21 heavy (non-hydrogen) atoms. The average molecular weight is 294 g/mol. The fourth-order valence-corrected chi connectivity index (χ4v) is 3.37. The van der Waals surface area contributed by atoms with Crippen LogP contribution in [-0.2, 0) is 11.2 Å². The maximum atomic E-state index is 13.4. The van der Waals surface area contributed by atoms with Crippen molar-refractivity contribution in [3.8, 4) is 0 Å². The van der Waals surface area contributed by atoms with Crippen LogP contribution in [-0.4, -0.2) is 17.7 Å². The number of Topliss-reactive ketones (excluding diaryl/α,β-unsaturated/α-hetero) is 1. The van der Waals surface area contributed by atoms with Crippen LogP contribution >= 0.6 is 0 Å². The number of ketones is 2. The van der Waals surface area contributed by atoms with Gasteiger partial charge in [-0.15, -0.1) is 0 Å². The van der Waals surface area contributed by atoms with Gasteiger partial charge in [-0.3, -0.25) is 9.59 Å². The fraction of sp³-hybridized carbons (Fsp3) is 0.375. The number of hydrogen-bond acceptors (Lipinski definition) is 2. The molecule has 0 fully saturated rings. The topological polar surface area (TPSA) is 34.1 Å². The van der Waals surface area contributed by atoms with Crippen LogP contribution in [0.3, 0.4) is 0 Å². The second-order valence-corrected chi connectivity index (χ2v) is 5.62. The number of carbonyl (C=O) groups excluding carboxylic acids is 2. The lowest BCUT2D eigenvalue weighted by Gasteiger charge is -2.42. The smallest absolute Gasteiger partial charge is 0.295 e. The molecule has 2 atom stereocenters. The van der Waals surface area contributed by atoms with Gasteiger partial charge in [0.25, 0.3) is 0 Å². The zero-order chi connectivity index (χ0) is 15.3. The molecule has 0 amide bonds. The number of alkyl halides is 3. The number of benzene rings is 1. The van der Waals surface area contributed by atoms with Gasteiger partial charge in [-0.1, -0.05) is 30.3 Å². The molecule has 0 heterocycles. The number of hydrogen-bond donors (Lipinski definition) is 0. The predicted molar refractivity (Wildman–Crippen MR) is 69.8 cm³/mol. The quantitative estimate of drug-likeness (QED) is 0.734. The Balaban J connectivity index is 2.13. The van der Waals surface area contributed by atoms with Crippen LogP contribution in [0.1, 0.15) is 28.8 Å². The van der Waals surface area contributed by atoms with Crippen LogP contribution in [0.4, 0.5) is 13.2 Å². The largest absolute Gasteiger partial charge is 0.393 e. The van der Waals surface area contributed by atoms with Crippen molar-refractivity contribution in [1.82, 2.24) is 0 Å². The van der Waals surface area contributed by atoms with E-state index in [4.69, 9.17) is 0 Å². The maximum absolute atomic E-state index is 13.4. The van der Waals surface area contributed by atoms with Crippen molar-refractivity contribution in [3.63, 3.8) is 0 Å². The van der Waals surface area contributed by atoms with Crippen molar-refractivity contribution in [1.29, 1.82) is 0 Å². The lowest BCUT2D eigenvalue weighted by atomic mass is 9.60. The third kappa shape index (κ3) is 2.11. The summed E-state index contributed by atoms with van der Waals surface area (Å²) in [5.74, 6) is -3.02. The Morgan fingerprint density at radius 2 is 1.86 bits per heavy atom. The Hall–Kier alpha value is -1.91. The van der Waals surface area contributed by atoms with Gasteiger partial charge in [-0.05, 0) is 24.5 Å². The molecule has 5 heteroatoms. The van der Waals surface area contributed by atoms with Crippen molar-refractivity contribution >= 4 is 11.6 Å². The molecule has 110 valence electrons. The number of rotatable bonds is 0. The highest BCUT2D eigenvalue weighted by Crippen LogP contribution is 2.52. The van der Waals surface area contributed by atoms with E-state index in [-0.39, 0.29) is 6.42 Å². The Labute approximate surface area is 119 Å². The van der Waals surface area contributed by atoms with Crippen LogP contribution in [0.25, 0.3) is 0 Å². The molecule has 2 aliphatic carbocycles. The van der Waals surface area contributed by atoms with Crippen molar-refractivity contribution in [2.24, 2.45) is 11.3 Å². The number of allylic oxidation sites excluding steroid dienone is 2. The number of halogens is 3. The van der Waals surface area contributed by atoms with Gasteiger partial charge in [0.2, 0.25) is 0 Å². The lowest BCUT2D eigenvalue weighted by molar-refractivity contribution is -0.198. The van der Waals surface area contributed by atoms with E-state index in [2.05, 4.69) is 0 Å². The summed E-state index contributed by atoms with van der Waals surface area (Å²) in [7, 11) is 0. The minimum absolute atomic E-state index is 0.0941. The van der Waals surface area contributed by atoms with Crippen molar-refractivity contribution in [2.75, 3.05) is 0 Å². The highest BCUT2D eigenvalue weighted by atomic mass is 19.4. The number of carbonyl (C=O) groups is 2. The summed E-state index contributed by atoms with van der Waals surface area (Å²) in [6, 6.07) is 6.75. The predicted octanol–water partition coefficient (Wildman–Crippen LogP) is 3.51. The molecule has 0 saturated carbocycles. The van der Waals surface area contributed by atoms with Crippen molar-refractivity contribution in [2.45, 2.75) is 25.4 Å². The summed E-state index contributed by atoms with van der Waals surface area (Å²) in [4.78, 5) is 24.1. The molecule has 1 aromatic rings. The van der Waals surface area contributed by atoms with Gasteiger partial charge >= 0.3 is 6.18 Å². The first-order valence-electron chi connectivity index (χ1n) is 6.76. The van der Waals surface area contributed by atoms with Crippen molar-refractivity contribution in [3.05, 3.63) is 47.5 Å². The average Bonchev–Trinajstić information content (AvgIpc) is 2.44. The Morgan fingerprint density at radius 3 is 2.57 bits per heavy atom. The fourth-order valence-electron chi connectivity index (χ4n) is 3.37. The van der Waals surface area contributed by atoms with E-state index in [1.165, 1.54) is 6.08 Å². The minimum atomic E-state index is -4.57.